The highest BCUT2D eigenvalue weighted by Gasteiger charge is 2.21. The predicted molar refractivity (Wildman–Crippen MR) is 77.0 cm³/mol. The fourth-order valence-electron chi connectivity index (χ4n) is 2.63. The predicted octanol–water partition coefficient (Wildman–Crippen LogP) is 2.18. The molecule has 0 bridgehead atoms. The molecule has 0 saturated carbocycles. The molecule has 1 aliphatic heterocycles. The number of hydrogen-bond acceptors (Lipinski definition) is 3. The summed E-state index contributed by atoms with van der Waals surface area (Å²) in [6.45, 7) is 7.09. The topological polar surface area (TPSA) is 46.6 Å². The standard InChI is InChI=1S/C16H21NO3/c1-11-8-12(2)16(13(3)9-11)20-10-15(19)17-6-4-14(18)5-7-17/h8-9H,4-7,10H2,1-3H3. The van der Waals surface area contributed by atoms with E-state index in [-0.39, 0.29) is 18.3 Å². The van der Waals surface area contributed by atoms with Gasteiger partial charge in [-0.05, 0) is 31.9 Å². The Balaban J connectivity index is 1.95. The van der Waals surface area contributed by atoms with Crippen LogP contribution in [0, 0.1) is 20.8 Å². The largest absolute Gasteiger partial charge is 0.483 e. The molecule has 0 atom stereocenters. The summed E-state index contributed by atoms with van der Waals surface area (Å²) in [5.74, 6) is 0.981. The zero-order chi connectivity index (χ0) is 14.7. The van der Waals surface area contributed by atoms with E-state index >= 15 is 0 Å². The van der Waals surface area contributed by atoms with Crippen LogP contribution in [0.4, 0.5) is 0 Å². The van der Waals surface area contributed by atoms with E-state index in [1.807, 2.05) is 32.9 Å². The number of carbonyl (C=O) groups excluding carboxylic acids is 2. The minimum absolute atomic E-state index is 0.0406. The summed E-state index contributed by atoms with van der Waals surface area (Å²) in [5.41, 5.74) is 3.28. The van der Waals surface area contributed by atoms with Crippen molar-refractivity contribution in [2.24, 2.45) is 0 Å². The van der Waals surface area contributed by atoms with Gasteiger partial charge in [-0.2, -0.15) is 0 Å². The smallest absolute Gasteiger partial charge is 0.260 e. The fraction of sp³-hybridized carbons (Fsp3) is 0.500. The van der Waals surface area contributed by atoms with E-state index in [9.17, 15) is 9.59 Å². The molecule has 0 N–H and O–H groups in total. The molecule has 0 spiro atoms. The van der Waals surface area contributed by atoms with Gasteiger partial charge in [-0.15, -0.1) is 0 Å². The van der Waals surface area contributed by atoms with E-state index in [4.69, 9.17) is 4.74 Å². The second kappa shape index (κ2) is 6.07. The number of Topliss-reactive ketones (excluding diaryl/α,β-unsaturated/α-hetero) is 1. The SMILES string of the molecule is Cc1cc(C)c(OCC(=O)N2CCC(=O)CC2)c(C)c1. The number of ketones is 1. The second-order valence-electron chi connectivity index (χ2n) is 5.44. The lowest BCUT2D eigenvalue weighted by atomic mass is 10.1. The summed E-state index contributed by atoms with van der Waals surface area (Å²) >= 11 is 0. The first-order valence-corrected chi connectivity index (χ1v) is 6.97. The number of carbonyl (C=O) groups is 2. The Kier molecular flexibility index (Phi) is 4.42. The zero-order valence-corrected chi connectivity index (χ0v) is 12.4. The van der Waals surface area contributed by atoms with Gasteiger partial charge in [0, 0.05) is 25.9 Å². The maximum atomic E-state index is 12.1. The molecule has 2 rings (SSSR count). The van der Waals surface area contributed by atoms with E-state index < -0.39 is 0 Å². The molecule has 1 aliphatic rings. The lowest BCUT2D eigenvalue weighted by Crippen LogP contribution is -2.41. The number of hydrogen-bond donors (Lipinski definition) is 0. The molecule has 1 heterocycles. The third-order valence-electron chi connectivity index (χ3n) is 3.62. The van der Waals surface area contributed by atoms with Crippen molar-refractivity contribution in [3.63, 3.8) is 0 Å². The average molecular weight is 275 g/mol. The molecule has 0 unspecified atom stereocenters. The number of aryl methyl sites for hydroxylation is 3. The Morgan fingerprint density at radius 1 is 1.15 bits per heavy atom. The van der Waals surface area contributed by atoms with E-state index in [1.54, 1.807) is 4.90 Å². The summed E-state index contributed by atoms with van der Waals surface area (Å²) in [4.78, 5) is 24.9. The molecule has 0 aromatic heterocycles. The Labute approximate surface area is 119 Å². The van der Waals surface area contributed by atoms with Gasteiger partial charge in [-0.1, -0.05) is 17.7 Å². The molecule has 4 heteroatoms. The van der Waals surface area contributed by atoms with Gasteiger partial charge in [0.05, 0.1) is 0 Å². The van der Waals surface area contributed by atoms with Gasteiger partial charge in [-0.3, -0.25) is 9.59 Å². The van der Waals surface area contributed by atoms with Gasteiger partial charge in [0.15, 0.2) is 6.61 Å². The van der Waals surface area contributed by atoms with Crippen LogP contribution < -0.4 is 4.74 Å². The second-order valence-corrected chi connectivity index (χ2v) is 5.44. The molecule has 4 nitrogen and oxygen atoms in total. The number of benzene rings is 1. The van der Waals surface area contributed by atoms with E-state index in [0.29, 0.717) is 25.9 Å². The van der Waals surface area contributed by atoms with Crippen molar-refractivity contribution >= 4 is 11.7 Å². The van der Waals surface area contributed by atoms with E-state index in [1.165, 1.54) is 5.56 Å². The number of likely N-dealkylation sites (tertiary alicyclic amines) is 1. The van der Waals surface area contributed by atoms with Crippen molar-refractivity contribution in [3.8, 4) is 5.75 Å². The van der Waals surface area contributed by atoms with Crippen LogP contribution in [0.15, 0.2) is 12.1 Å². The van der Waals surface area contributed by atoms with Gasteiger partial charge < -0.3 is 9.64 Å². The van der Waals surface area contributed by atoms with Crippen LogP contribution in [0.25, 0.3) is 0 Å². The molecule has 1 amide bonds. The molecule has 1 saturated heterocycles. The summed E-state index contributed by atoms with van der Waals surface area (Å²) in [6.07, 6.45) is 0.933. The van der Waals surface area contributed by atoms with Crippen LogP contribution in [-0.4, -0.2) is 36.3 Å². The van der Waals surface area contributed by atoms with Crippen LogP contribution in [0.2, 0.25) is 0 Å². The highest BCUT2D eigenvalue weighted by Crippen LogP contribution is 2.24. The van der Waals surface area contributed by atoms with Crippen molar-refractivity contribution in [2.45, 2.75) is 33.6 Å². The Hall–Kier alpha value is -1.84. The maximum Gasteiger partial charge on any atom is 0.260 e. The van der Waals surface area contributed by atoms with Crippen LogP contribution in [0.3, 0.4) is 0 Å². The number of ether oxygens (including phenoxy) is 1. The van der Waals surface area contributed by atoms with Crippen LogP contribution in [-0.2, 0) is 9.59 Å². The third kappa shape index (κ3) is 3.38. The molecule has 1 aromatic rings. The first-order valence-electron chi connectivity index (χ1n) is 6.97. The normalized spacial score (nSPS) is 15.3. The summed E-state index contributed by atoms with van der Waals surface area (Å²) in [5, 5.41) is 0. The van der Waals surface area contributed by atoms with Crippen molar-refractivity contribution in [2.75, 3.05) is 19.7 Å². The molecule has 0 radical (unpaired) electrons. The molecule has 1 fully saturated rings. The highest BCUT2D eigenvalue weighted by molar-refractivity contribution is 5.84. The first-order chi connectivity index (χ1) is 9.47. The molecule has 0 aliphatic carbocycles. The monoisotopic (exact) mass is 275 g/mol. The summed E-state index contributed by atoms with van der Waals surface area (Å²) in [7, 11) is 0. The molecule has 1 aromatic carbocycles. The average Bonchev–Trinajstić information content (AvgIpc) is 2.38. The first kappa shape index (κ1) is 14.6. The number of nitrogens with zero attached hydrogens (tertiary/aromatic N) is 1. The van der Waals surface area contributed by atoms with E-state index in [2.05, 4.69) is 0 Å². The van der Waals surface area contributed by atoms with Gasteiger partial charge in [-0.25, -0.2) is 0 Å². The van der Waals surface area contributed by atoms with Gasteiger partial charge in [0.2, 0.25) is 0 Å². The minimum atomic E-state index is -0.0446. The fourth-order valence-corrected chi connectivity index (χ4v) is 2.63. The van der Waals surface area contributed by atoms with Gasteiger partial charge in [0.25, 0.3) is 5.91 Å². The number of rotatable bonds is 3. The number of amides is 1. The third-order valence-corrected chi connectivity index (χ3v) is 3.62. The summed E-state index contributed by atoms with van der Waals surface area (Å²) < 4.78 is 5.69. The molecule has 20 heavy (non-hydrogen) atoms. The molecular weight excluding hydrogens is 254 g/mol. The van der Waals surface area contributed by atoms with Crippen molar-refractivity contribution in [3.05, 3.63) is 28.8 Å². The van der Waals surface area contributed by atoms with Crippen molar-refractivity contribution in [1.82, 2.24) is 4.90 Å². The quantitative estimate of drug-likeness (QED) is 0.849. The van der Waals surface area contributed by atoms with Gasteiger partial charge >= 0.3 is 0 Å². The lowest BCUT2D eigenvalue weighted by Gasteiger charge is -2.26. The Bertz CT molecular complexity index is 504. The minimum Gasteiger partial charge on any atom is -0.483 e. The number of piperidine rings is 1. The van der Waals surface area contributed by atoms with Crippen molar-refractivity contribution < 1.29 is 14.3 Å². The zero-order valence-electron chi connectivity index (χ0n) is 12.4. The van der Waals surface area contributed by atoms with Gasteiger partial charge in [0.1, 0.15) is 11.5 Å². The molecular formula is C16H21NO3. The summed E-state index contributed by atoms with van der Waals surface area (Å²) in [6, 6.07) is 4.10. The molecule has 108 valence electrons. The highest BCUT2D eigenvalue weighted by atomic mass is 16.5. The Morgan fingerprint density at radius 2 is 1.70 bits per heavy atom. The maximum absolute atomic E-state index is 12.1. The van der Waals surface area contributed by atoms with Crippen LogP contribution in [0.1, 0.15) is 29.5 Å². The Morgan fingerprint density at radius 3 is 2.25 bits per heavy atom. The lowest BCUT2D eigenvalue weighted by molar-refractivity contribution is -0.136. The van der Waals surface area contributed by atoms with Crippen LogP contribution >= 0.6 is 0 Å². The van der Waals surface area contributed by atoms with Crippen molar-refractivity contribution in [1.29, 1.82) is 0 Å². The van der Waals surface area contributed by atoms with Crippen LogP contribution in [0.5, 0.6) is 5.75 Å². The van der Waals surface area contributed by atoms with E-state index in [0.717, 1.165) is 16.9 Å².